The zero-order chi connectivity index (χ0) is 15.9. The lowest BCUT2D eigenvalue weighted by Crippen LogP contribution is -2.30. The topological polar surface area (TPSA) is 0 Å². The third kappa shape index (κ3) is 5.77. The lowest BCUT2D eigenvalue weighted by atomic mass is 9.68. The van der Waals surface area contributed by atoms with Gasteiger partial charge in [-0.3, -0.25) is 0 Å². The Labute approximate surface area is 145 Å². The van der Waals surface area contributed by atoms with Gasteiger partial charge in [-0.25, -0.2) is 0 Å². The average Bonchev–Trinajstić information content (AvgIpc) is 2.51. The van der Waals surface area contributed by atoms with Gasteiger partial charge in [0, 0.05) is 5.25 Å². The average molecular weight is 325 g/mol. The van der Waals surface area contributed by atoms with Crippen molar-refractivity contribution in [1.29, 1.82) is 0 Å². The van der Waals surface area contributed by atoms with E-state index in [1.807, 2.05) is 0 Å². The number of rotatable bonds is 7. The van der Waals surface area contributed by atoms with Crippen LogP contribution in [-0.2, 0) is 0 Å². The maximum Gasteiger partial charge on any atom is 0.00451 e. The Morgan fingerprint density at radius 3 is 2.27 bits per heavy atom. The van der Waals surface area contributed by atoms with E-state index in [9.17, 15) is 0 Å². The van der Waals surface area contributed by atoms with Gasteiger partial charge in [-0.2, -0.15) is 12.6 Å². The van der Waals surface area contributed by atoms with Gasteiger partial charge < -0.3 is 0 Å². The molecule has 0 aromatic rings. The molecule has 4 unspecified atom stereocenters. The van der Waals surface area contributed by atoms with Crippen LogP contribution in [0, 0.1) is 29.6 Å². The molecule has 130 valence electrons. The van der Waals surface area contributed by atoms with E-state index in [1.54, 1.807) is 0 Å². The molecule has 2 saturated carbocycles. The molecule has 0 N–H and O–H groups in total. The fourth-order valence-electron chi connectivity index (χ4n) is 5.10. The molecule has 0 aliphatic heterocycles. The van der Waals surface area contributed by atoms with E-state index in [2.05, 4.69) is 20.8 Å². The predicted octanol–water partition coefficient (Wildman–Crippen LogP) is 7.13. The van der Waals surface area contributed by atoms with Gasteiger partial charge >= 0.3 is 0 Å². The first kappa shape index (κ1) is 18.7. The third-order valence-electron chi connectivity index (χ3n) is 6.84. The van der Waals surface area contributed by atoms with E-state index in [0.717, 1.165) is 29.6 Å². The maximum absolute atomic E-state index is 4.84. The lowest BCUT2D eigenvalue weighted by Gasteiger charge is -2.39. The van der Waals surface area contributed by atoms with Crippen molar-refractivity contribution in [3.8, 4) is 0 Å². The van der Waals surface area contributed by atoms with Crippen molar-refractivity contribution in [2.45, 2.75) is 103 Å². The SMILES string of the molecule is CCCC(C)CCCC1CCC(C2CCC(C)C(S)C2)CC1. The second-order valence-corrected chi connectivity index (χ2v) is 9.39. The molecular weight excluding hydrogens is 284 g/mol. The van der Waals surface area contributed by atoms with Gasteiger partial charge in [-0.05, 0) is 61.7 Å². The first-order valence-corrected chi connectivity index (χ1v) is 10.8. The molecule has 0 aromatic carbocycles. The van der Waals surface area contributed by atoms with Gasteiger partial charge in [0.15, 0.2) is 0 Å². The summed E-state index contributed by atoms with van der Waals surface area (Å²) in [6.07, 6.45) is 17.7. The predicted molar refractivity (Wildman–Crippen MR) is 103 cm³/mol. The van der Waals surface area contributed by atoms with Gasteiger partial charge in [-0.15, -0.1) is 0 Å². The Hall–Kier alpha value is 0.350. The highest BCUT2D eigenvalue weighted by atomic mass is 32.1. The van der Waals surface area contributed by atoms with E-state index in [4.69, 9.17) is 12.6 Å². The molecule has 0 saturated heterocycles. The molecule has 0 aromatic heterocycles. The Morgan fingerprint density at radius 1 is 0.955 bits per heavy atom. The minimum Gasteiger partial charge on any atom is -0.176 e. The molecule has 2 fully saturated rings. The summed E-state index contributed by atoms with van der Waals surface area (Å²) in [5.41, 5.74) is 0. The first-order chi connectivity index (χ1) is 10.6. The monoisotopic (exact) mass is 324 g/mol. The Bertz CT molecular complexity index is 292. The number of thiol groups is 1. The maximum atomic E-state index is 4.84. The molecule has 1 heteroatoms. The van der Waals surface area contributed by atoms with Gasteiger partial charge in [-0.1, -0.05) is 65.7 Å². The summed E-state index contributed by atoms with van der Waals surface area (Å²) in [5, 5.41) is 0.677. The van der Waals surface area contributed by atoms with Gasteiger partial charge in [0.25, 0.3) is 0 Å². The minimum absolute atomic E-state index is 0.677. The zero-order valence-corrected chi connectivity index (χ0v) is 16.3. The molecule has 0 heterocycles. The molecule has 2 aliphatic carbocycles. The highest BCUT2D eigenvalue weighted by Crippen LogP contribution is 2.43. The summed E-state index contributed by atoms with van der Waals surface area (Å²) in [5.74, 6) is 4.90. The van der Waals surface area contributed by atoms with Crippen LogP contribution < -0.4 is 0 Å². The molecular formula is C21H40S. The van der Waals surface area contributed by atoms with Gasteiger partial charge in [0.1, 0.15) is 0 Å². The van der Waals surface area contributed by atoms with Crippen molar-refractivity contribution in [2.24, 2.45) is 29.6 Å². The summed E-state index contributed by atoms with van der Waals surface area (Å²) in [7, 11) is 0. The molecule has 0 radical (unpaired) electrons. The van der Waals surface area contributed by atoms with Crippen LogP contribution in [-0.4, -0.2) is 5.25 Å². The molecule has 0 spiro atoms. The smallest absolute Gasteiger partial charge is 0.00451 e. The van der Waals surface area contributed by atoms with Crippen LogP contribution in [0.4, 0.5) is 0 Å². The van der Waals surface area contributed by atoms with Crippen LogP contribution in [0.3, 0.4) is 0 Å². The molecule has 4 atom stereocenters. The third-order valence-corrected chi connectivity index (χ3v) is 7.56. The van der Waals surface area contributed by atoms with Crippen molar-refractivity contribution in [3.63, 3.8) is 0 Å². The first-order valence-electron chi connectivity index (χ1n) is 10.3. The lowest BCUT2D eigenvalue weighted by molar-refractivity contribution is 0.150. The second kappa shape index (κ2) is 9.60. The summed E-state index contributed by atoms with van der Waals surface area (Å²) in [6, 6.07) is 0. The van der Waals surface area contributed by atoms with E-state index >= 15 is 0 Å². The van der Waals surface area contributed by atoms with Crippen LogP contribution in [0.15, 0.2) is 0 Å². The minimum atomic E-state index is 0.677. The van der Waals surface area contributed by atoms with Crippen LogP contribution in [0.1, 0.15) is 97.8 Å². The van der Waals surface area contributed by atoms with Crippen molar-refractivity contribution < 1.29 is 0 Å². The Kier molecular flexibility index (Phi) is 8.15. The quantitative estimate of drug-likeness (QED) is 0.473. The summed E-state index contributed by atoms with van der Waals surface area (Å²) >= 11 is 4.84. The fraction of sp³-hybridized carbons (Fsp3) is 1.00. The van der Waals surface area contributed by atoms with Gasteiger partial charge in [0.05, 0.1) is 0 Å². The highest BCUT2D eigenvalue weighted by Gasteiger charge is 2.32. The highest BCUT2D eigenvalue weighted by molar-refractivity contribution is 7.81. The van der Waals surface area contributed by atoms with Crippen LogP contribution in [0.5, 0.6) is 0 Å². The van der Waals surface area contributed by atoms with E-state index < -0.39 is 0 Å². The molecule has 2 aliphatic rings. The summed E-state index contributed by atoms with van der Waals surface area (Å²) in [6.45, 7) is 7.15. The van der Waals surface area contributed by atoms with Crippen LogP contribution in [0.25, 0.3) is 0 Å². The van der Waals surface area contributed by atoms with Crippen LogP contribution in [0.2, 0.25) is 0 Å². The van der Waals surface area contributed by atoms with Crippen molar-refractivity contribution in [3.05, 3.63) is 0 Å². The largest absolute Gasteiger partial charge is 0.176 e. The fourth-order valence-corrected chi connectivity index (χ4v) is 5.52. The van der Waals surface area contributed by atoms with E-state index in [-0.39, 0.29) is 0 Å². The van der Waals surface area contributed by atoms with Crippen molar-refractivity contribution >= 4 is 12.6 Å². The Morgan fingerprint density at radius 2 is 1.64 bits per heavy atom. The van der Waals surface area contributed by atoms with Crippen molar-refractivity contribution in [1.82, 2.24) is 0 Å². The molecule has 22 heavy (non-hydrogen) atoms. The number of hydrogen-bond donors (Lipinski definition) is 1. The Balaban J connectivity index is 1.61. The standard InChI is InChI=1S/C21H40S/c1-4-6-16(2)7-5-8-18-10-13-19(14-11-18)20-12-9-17(3)21(22)15-20/h16-22H,4-15H2,1-3H3. The molecule has 2 rings (SSSR count). The normalized spacial score (nSPS) is 37.9. The van der Waals surface area contributed by atoms with Gasteiger partial charge in [0.2, 0.25) is 0 Å². The van der Waals surface area contributed by atoms with E-state index in [0.29, 0.717) is 5.25 Å². The van der Waals surface area contributed by atoms with E-state index in [1.165, 1.54) is 77.0 Å². The number of hydrogen-bond acceptors (Lipinski definition) is 1. The zero-order valence-electron chi connectivity index (χ0n) is 15.4. The molecule has 0 nitrogen and oxygen atoms in total. The summed E-state index contributed by atoms with van der Waals surface area (Å²) in [4.78, 5) is 0. The van der Waals surface area contributed by atoms with Crippen LogP contribution >= 0.6 is 12.6 Å². The summed E-state index contributed by atoms with van der Waals surface area (Å²) < 4.78 is 0. The second-order valence-electron chi connectivity index (χ2n) is 8.72. The van der Waals surface area contributed by atoms with Crippen molar-refractivity contribution in [2.75, 3.05) is 0 Å². The molecule has 0 bridgehead atoms. The molecule has 0 amide bonds.